The van der Waals surface area contributed by atoms with Crippen LogP contribution < -0.4 is 9.47 Å². The van der Waals surface area contributed by atoms with Crippen molar-refractivity contribution in [2.45, 2.75) is 25.7 Å². The molecule has 2 unspecified atom stereocenters. The van der Waals surface area contributed by atoms with E-state index in [1.54, 1.807) is 21.3 Å². The number of ether oxygens (including phenoxy) is 2. The molecule has 1 aromatic carbocycles. The molecule has 0 N–H and O–H groups in total. The zero-order valence-electron chi connectivity index (χ0n) is 12.7. The quantitative estimate of drug-likeness (QED) is 0.777. The Bertz CT molecular complexity index is 638. The second-order valence-electron chi connectivity index (χ2n) is 5.68. The topological polar surface area (TPSA) is 55.8 Å². The first kappa shape index (κ1) is 13.9. The second-order valence-corrected chi connectivity index (χ2v) is 5.68. The van der Waals surface area contributed by atoms with Crippen molar-refractivity contribution in [2.24, 2.45) is 5.92 Å². The minimum absolute atomic E-state index is 0.0650. The summed E-state index contributed by atoms with van der Waals surface area (Å²) in [6.45, 7) is 1.96. The van der Waals surface area contributed by atoms with E-state index >= 15 is 0 Å². The monoisotopic (exact) mass is 289 g/mol. The van der Waals surface area contributed by atoms with Gasteiger partial charge in [0, 0.05) is 12.6 Å². The van der Waals surface area contributed by atoms with E-state index in [2.05, 4.69) is 0 Å². The fourth-order valence-electron chi connectivity index (χ4n) is 3.70. The van der Waals surface area contributed by atoms with Crippen LogP contribution in [0.15, 0.2) is 6.07 Å². The van der Waals surface area contributed by atoms with Crippen LogP contribution in [0.1, 0.15) is 29.0 Å². The van der Waals surface area contributed by atoms with Gasteiger partial charge in [0.1, 0.15) is 0 Å². The largest absolute Gasteiger partial charge is 0.493 e. The SMILES string of the molecule is COc1cc(C)c2c(c1OC)CCC1C(=O)N(C)C(=O)C21. The molecule has 1 aliphatic heterocycles. The number of methoxy groups -OCH3 is 2. The van der Waals surface area contributed by atoms with E-state index in [4.69, 9.17) is 9.47 Å². The highest BCUT2D eigenvalue weighted by Gasteiger charge is 2.50. The second kappa shape index (κ2) is 4.76. The highest BCUT2D eigenvalue weighted by molar-refractivity contribution is 6.08. The van der Waals surface area contributed by atoms with Gasteiger partial charge in [0.2, 0.25) is 11.8 Å². The van der Waals surface area contributed by atoms with Crippen molar-refractivity contribution in [1.29, 1.82) is 0 Å². The number of fused-ring (bicyclic) bond motifs is 3. The van der Waals surface area contributed by atoms with Crippen molar-refractivity contribution >= 4 is 11.8 Å². The van der Waals surface area contributed by atoms with Gasteiger partial charge in [-0.3, -0.25) is 14.5 Å². The number of rotatable bonds is 2. The van der Waals surface area contributed by atoms with E-state index in [-0.39, 0.29) is 23.7 Å². The fourth-order valence-corrected chi connectivity index (χ4v) is 3.70. The van der Waals surface area contributed by atoms with E-state index < -0.39 is 0 Å². The lowest BCUT2D eigenvalue weighted by atomic mass is 9.74. The number of aryl methyl sites for hydroxylation is 1. The summed E-state index contributed by atoms with van der Waals surface area (Å²) >= 11 is 0. The summed E-state index contributed by atoms with van der Waals surface area (Å²) in [4.78, 5) is 25.9. The fraction of sp³-hybridized carbons (Fsp3) is 0.500. The molecule has 2 amide bonds. The predicted molar refractivity (Wildman–Crippen MR) is 76.6 cm³/mol. The van der Waals surface area contributed by atoms with Gasteiger partial charge in [-0.1, -0.05) is 0 Å². The molecule has 1 aliphatic carbocycles. The summed E-state index contributed by atoms with van der Waals surface area (Å²) in [5, 5.41) is 0. The van der Waals surface area contributed by atoms with E-state index in [1.807, 2.05) is 13.0 Å². The third-order valence-corrected chi connectivity index (χ3v) is 4.68. The van der Waals surface area contributed by atoms with Gasteiger partial charge >= 0.3 is 0 Å². The van der Waals surface area contributed by atoms with Crippen molar-refractivity contribution < 1.29 is 19.1 Å². The van der Waals surface area contributed by atoms with E-state index in [0.29, 0.717) is 17.9 Å². The zero-order valence-corrected chi connectivity index (χ0v) is 12.7. The van der Waals surface area contributed by atoms with Crippen LogP contribution in [-0.4, -0.2) is 38.0 Å². The average molecular weight is 289 g/mol. The zero-order chi connectivity index (χ0) is 15.3. The Labute approximate surface area is 123 Å². The number of carbonyl (C=O) groups is 2. The molecule has 0 radical (unpaired) electrons. The minimum Gasteiger partial charge on any atom is -0.493 e. The van der Waals surface area contributed by atoms with Crippen LogP contribution in [-0.2, 0) is 16.0 Å². The van der Waals surface area contributed by atoms with Gasteiger partial charge in [-0.05, 0) is 37.0 Å². The van der Waals surface area contributed by atoms with Crippen molar-refractivity contribution in [3.8, 4) is 11.5 Å². The number of benzene rings is 1. The predicted octanol–water partition coefficient (Wildman–Crippen LogP) is 1.66. The Kier molecular flexibility index (Phi) is 3.15. The van der Waals surface area contributed by atoms with Crippen LogP contribution in [0.4, 0.5) is 0 Å². The molecule has 0 aromatic heterocycles. The third kappa shape index (κ3) is 1.76. The molecule has 0 spiro atoms. The van der Waals surface area contributed by atoms with Crippen molar-refractivity contribution in [2.75, 3.05) is 21.3 Å². The Morgan fingerprint density at radius 3 is 2.52 bits per heavy atom. The number of likely N-dealkylation sites (tertiary alicyclic amines) is 1. The molecule has 1 aromatic rings. The number of amides is 2. The van der Waals surface area contributed by atoms with Crippen LogP contribution in [0.5, 0.6) is 11.5 Å². The molecule has 5 heteroatoms. The summed E-state index contributed by atoms with van der Waals surface area (Å²) < 4.78 is 10.9. The molecule has 2 aliphatic rings. The van der Waals surface area contributed by atoms with E-state index in [1.165, 1.54) is 4.90 Å². The molecule has 5 nitrogen and oxygen atoms in total. The van der Waals surface area contributed by atoms with Gasteiger partial charge < -0.3 is 9.47 Å². The smallest absolute Gasteiger partial charge is 0.237 e. The van der Waals surface area contributed by atoms with Gasteiger partial charge in [-0.25, -0.2) is 0 Å². The molecule has 1 fully saturated rings. The van der Waals surface area contributed by atoms with Gasteiger partial charge in [-0.15, -0.1) is 0 Å². The summed E-state index contributed by atoms with van der Waals surface area (Å²) in [6, 6.07) is 1.89. The normalized spacial score (nSPS) is 23.9. The lowest BCUT2D eigenvalue weighted by molar-refractivity contribution is -0.137. The molecule has 112 valence electrons. The number of nitrogens with zero attached hydrogens (tertiary/aromatic N) is 1. The van der Waals surface area contributed by atoms with Crippen molar-refractivity contribution in [1.82, 2.24) is 4.90 Å². The maximum absolute atomic E-state index is 12.5. The minimum atomic E-state index is -0.369. The number of hydrogen-bond acceptors (Lipinski definition) is 4. The van der Waals surface area contributed by atoms with Gasteiger partial charge in [-0.2, -0.15) is 0 Å². The number of carbonyl (C=O) groups excluding carboxylic acids is 2. The van der Waals surface area contributed by atoms with Crippen molar-refractivity contribution in [3.63, 3.8) is 0 Å². The third-order valence-electron chi connectivity index (χ3n) is 4.68. The Morgan fingerprint density at radius 1 is 1.19 bits per heavy atom. The highest BCUT2D eigenvalue weighted by atomic mass is 16.5. The highest BCUT2D eigenvalue weighted by Crippen LogP contribution is 2.49. The first-order valence-corrected chi connectivity index (χ1v) is 7.07. The first-order chi connectivity index (χ1) is 10.0. The lowest BCUT2D eigenvalue weighted by Gasteiger charge is -2.29. The Hall–Kier alpha value is -2.04. The average Bonchev–Trinajstić information content (AvgIpc) is 2.71. The van der Waals surface area contributed by atoms with Crippen molar-refractivity contribution in [3.05, 3.63) is 22.8 Å². The summed E-state index contributed by atoms with van der Waals surface area (Å²) in [6.07, 6.45) is 1.40. The standard InChI is InChI=1S/C16H19NO4/c1-8-7-11(20-3)14(21-4)9-5-6-10-13(12(8)9)16(19)17(2)15(10)18/h7,10,13H,5-6H2,1-4H3. The summed E-state index contributed by atoms with van der Waals surface area (Å²) in [5.41, 5.74) is 2.94. The van der Waals surface area contributed by atoms with Gasteiger partial charge in [0.05, 0.1) is 26.1 Å². The number of hydrogen-bond donors (Lipinski definition) is 0. The number of imide groups is 1. The van der Waals surface area contributed by atoms with Gasteiger partial charge in [0.25, 0.3) is 0 Å². The molecule has 0 saturated carbocycles. The van der Waals surface area contributed by atoms with Crippen LogP contribution in [0, 0.1) is 12.8 Å². The molecule has 1 saturated heterocycles. The number of likely N-dealkylation sites (N-methyl/N-ethyl adjacent to an activating group) is 1. The Balaban J connectivity index is 2.22. The summed E-state index contributed by atoms with van der Waals surface area (Å²) in [5.74, 6) is 0.590. The van der Waals surface area contributed by atoms with Crippen LogP contribution in [0.2, 0.25) is 0 Å². The lowest BCUT2D eigenvalue weighted by Crippen LogP contribution is -2.25. The van der Waals surface area contributed by atoms with Gasteiger partial charge in [0.15, 0.2) is 11.5 Å². The molecule has 0 bridgehead atoms. The van der Waals surface area contributed by atoms with Crippen LogP contribution in [0.25, 0.3) is 0 Å². The van der Waals surface area contributed by atoms with E-state index in [9.17, 15) is 9.59 Å². The first-order valence-electron chi connectivity index (χ1n) is 7.07. The van der Waals surface area contributed by atoms with Crippen LogP contribution in [0.3, 0.4) is 0 Å². The molecule has 21 heavy (non-hydrogen) atoms. The maximum Gasteiger partial charge on any atom is 0.237 e. The molecule has 3 rings (SSSR count). The maximum atomic E-state index is 12.5. The molecule has 1 heterocycles. The van der Waals surface area contributed by atoms with Crippen LogP contribution >= 0.6 is 0 Å². The van der Waals surface area contributed by atoms with E-state index in [0.717, 1.165) is 23.1 Å². The Morgan fingerprint density at radius 2 is 1.90 bits per heavy atom. The molecule has 2 atom stereocenters. The molecular formula is C16H19NO4. The summed E-state index contributed by atoms with van der Waals surface area (Å²) in [7, 11) is 4.78. The molecular weight excluding hydrogens is 270 g/mol.